The monoisotopic (exact) mass is 227 g/mol. The zero-order valence-corrected chi connectivity index (χ0v) is 10.1. The smallest absolute Gasteiger partial charge is 0.146 e. The SMILES string of the molecule is COc1ccc2nc(N(C)C)c(C#N)cc2c1. The van der Waals surface area contributed by atoms with Gasteiger partial charge in [-0.1, -0.05) is 0 Å². The quantitative estimate of drug-likeness (QED) is 0.789. The van der Waals surface area contributed by atoms with E-state index in [2.05, 4.69) is 11.1 Å². The summed E-state index contributed by atoms with van der Waals surface area (Å²) >= 11 is 0. The van der Waals surface area contributed by atoms with Gasteiger partial charge in [0.15, 0.2) is 0 Å². The molecule has 0 saturated heterocycles. The Balaban J connectivity index is 2.70. The zero-order valence-electron chi connectivity index (χ0n) is 10.1. The number of nitrogens with zero attached hydrogens (tertiary/aromatic N) is 3. The lowest BCUT2D eigenvalue weighted by atomic mass is 10.1. The average Bonchev–Trinajstić information content (AvgIpc) is 2.36. The Labute approximate surface area is 100 Å². The van der Waals surface area contributed by atoms with Gasteiger partial charge in [0.25, 0.3) is 0 Å². The molecule has 0 unspecified atom stereocenters. The van der Waals surface area contributed by atoms with Crippen molar-refractivity contribution in [2.45, 2.75) is 0 Å². The number of rotatable bonds is 2. The maximum Gasteiger partial charge on any atom is 0.146 e. The number of pyridine rings is 1. The lowest BCUT2D eigenvalue weighted by Crippen LogP contribution is -2.12. The van der Waals surface area contributed by atoms with Crippen LogP contribution < -0.4 is 9.64 Å². The Morgan fingerprint density at radius 3 is 2.65 bits per heavy atom. The van der Waals surface area contributed by atoms with Gasteiger partial charge in [-0.15, -0.1) is 0 Å². The third-order valence-electron chi connectivity index (χ3n) is 2.55. The van der Waals surface area contributed by atoms with Gasteiger partial charge in [-0.25, -0.2) is 4.98 Å². The highest BCUT2D eigenvalue weighted by Crippen LogP contribution is 2.24. The van der Waals surface area contributed by atoms with Crippen LogP contribution in [-0.2, 0) is 0 Å². The van der Waals surface area contributed by atoms with Crippen LogP contribution in [0, 0.1) is 11.3 Å². The molecule has 2 aromatic rings. The van der Waals surface area contributed by atoms with Crippen molar-refractivity contribution in [2.75, 3.05) is 26.1 Å². The number of methoxy groups -OCH3 is 1. The number of aromatic nitrogens is 1. The molecule has 1 heterocycles. The van der Waals surface area contributed by atoms with Gasteiger partial charge in [0, 0.05) is 19.5 Å². The van der Waals surface area contributed by atoms with E-state index in [1.54, 1.807) is 7.11 Å². The van der Waals surface area contributed by atoms with Crippen molar-refractivity contribution < 1.29 is 4.74 Å². The average molecular weight is 227 g/mol. The zero-order chi connectivity index (χ0) is 12.4. The highest BCUT2D eigenvalue weighted by molar-refractivity contribution is 5.84. The van der Waals surface area contributed by atoms with Crippen molar-refractivity contribution in [1.29, 1.82) is 5.26 Å². The molecule has 0 N–H and O–H groups in total. The van der Waals surface area contributed by atoms with E-state index in [0.717, 1.165) is 16.7 Å². The summed E-state index contributed by atoms with van der Waals surface area (Å²) in [5.41, 5.74) is 1.42. The summed E-state index contributed by atoms with van der Waals surface area (Å²) in [5, 5.41) is 10.0. The van der Waals surface area contributed by atoms with Crippen molar-refractivity contribution in [3.63, 3.8) is 0 Å². The first-order valence-corrected chi connectivity index (χ1v) is 5.22. The molecule has 0 saturated carbocycles. The second-order valence-electron chi connectivity index (χ2n) is 3.92. The molecule has 4 heteroatoms. The molecule has 1 aromatic carbocycles. The highest BCUT2D eigenvalue weighted by atomic mass is 16.5. The molecule has 0 bridgehead atoms. The van der Waals surface area contributed by atoms with Crippen molar-refractivity contribution in [3.8, 4) is 11.8 Å². The van der Waals surface area contributed by atoms with Gasteiger partial charge in [0.2, 0.25) is 0 Å². The molecule has 0 amide bonds. The van der Waals surface area contributed by atoms with E-state index in [1.807, 2.05) is 43.3 Å². The normalized spacial score (nSPS) is 10.0. The molecule has 2 rings (SSSR count). The molecule has 0 aliphatic rings. The van der Waals surface area contributed by atoms with Crippen molar-refractivity contribution in [1.82, 2.24) is 4.98 Å². The standard InChI is InChI=1S/C13H13N3O/c1-16(2)13-10(8-14)6-9-7-11(17-3)4-5-12(9)15-13/h4-7H,1-3H3. The van der Waals surface area contributed by atoms with Crippen LogP contribution in [0.1, 0.15) is 5.56 Å². The number of fused-ring (bicyclic) bond motifs is 1. The molecular formula is C13H13N3O. The summed E-state index contributed by atoms with van der Waals surface area (Å²) < 4.78 is 5.15. The van der Waals surface area contributed by atoms with Gasteiger partial charge in [0.05, 0.1) is 18.2 Å². The van der Waals surface area contributed by atoms with Crippen molar-refractivity contribution in [2.24, 2.45) is 0 Å². The van der Waals surface area contributed by atoms with Crippen molar-refractivity contribution in [3.05, 3.63) is 29.8 Å². The maximum absolute atomic E-state index is 9.11. The van der Waals surface area contributed by atoms with Crippen LogP contribution >= 0.6 is 0 Å². The summed E-state index contributed by atoms with van der Waals surface area (Å²) in [4.78, 5) is 6.30. The van der Waals surface area contributed by atoms with E-state index in [9.17, 15) is 0 Å². The van der Waals surface area contributed by atoms with E-state index in [-0.39, 0.29) is 0 Å². The van der Waals surface area contributed by atoms with E-state index >= 15 is 0 Å². The van der Waals surface area contributed by atoms with Crippen LogP contribution in [0.4, 0.5) is 5.82 Å². The number of benzene rings is 1. The lowest BCUT2D eigenvalue weighted by Gasteiger charge is -2.14. The largest absolute Gasteiger partial charge is 0.497 e. The van der Waals surface area contributed by atoms with Gasteiger partial charge >= 0.3 is 0 Å². The lowest BCUT2D eigenvalue weighted by molar-refractivity contribution is 0.415. The first-order chi connectivity index (χ1) is 8.15. The number of hydrogen-bond acceptors (Lipinski definition) is 4. The summed E-state index contributed by atoms with van der Waals surface area (Å²) in [6.07, 6.45) is 0. The predicted molar refractivity (Wildman–Crippen MR) is 67.3 cm³/mol. The fourth-order valence-corrected chi connectivity index (χ4v) is 1.69. The number of anilines is 1. The molecule has 0 fully saturated rings. The van der Waals surface area contributed by atoms with Gasteiger partial charge < -0.3 is 9.64 Å². The van der Waals surface area contributed by atoms with Crippen LogP contribution in [-0.4, -0.2) is 26.2 Å². The minimum absolute atomic E-state index is 0.566. The molecule has 86 valence electrons. The molecule has 17 heavy (non-hydrogen) atoms. The summed E-state index contributed by atoms with van der Waals surface area (Å²) in [5.74, 6) is 1.45. The summed E-state index contributed by atoms with van der Waals surface area (Å²) in [6, 6.07) is 9.63. The summed E-state index contributed by atoms with van der Waals surface area (Å²) in [6.45, 7) is 0. The molecule has 0 atom stereocenters. The minimum Gasteiger partial charge on any atom is -0.497 e. The number of nitriles is 1. The maximum atomic E-state index is 9.11. The highest BCUT2D eigenvalue weighted by Gasteiger charge is 2.08. The topological polar surface area (TPSA) is 49.1 Å². The van der Waals surface area contributed by atoms with Crippen LogP contribution in [0.25, 0.3) is 10.9 Å². The Bertz CT molecular complexity index is 599. The minimum atomic E-state index is 0.566. The third-order valence-corrected chi connectivity index (χ3v) is 2.55. The molecule has 0 spiro atoms. The Morgan fingerprint density at radius 1 is 1.29 bits per heavy atom. The first kappa shape index (κ1) is 11.2. The van der Waals surface area contributed by atoms with Gasteiger partial charge in [-0.05, 0) is 24.3 Å². The predicted octanol–water partition coefficient (Wildman–Crippen LogP) is 2.18. The Hall–Kier alpha value is -2.28. The molecule has 0 aliphatic heterocycles. The molecule has 0 radical (unpaired) electrons. The second kappa shape index (κ2) is 4.30. The number of ether oxygens (including phenoxy) is 1. The van der Waals surface area contributed by atoms with Gasteiger partial charge in [-0.3, -0.25) is 0 Å². The van der Waals surface area contributed by atoms with Crippen molar-refractivity contribution >= 4 is 16.7 Å². The Morgan fingerprint density at radius 2 is 2.06 bits per heavy atom. The van der Waals surface area contributed by atoms with E-state index < -0.39 is 0 Å². The molecular weight excluding hydrogens is 214 g/mol. The Kier molecular flexibility index (Phi) is 2.84. The van der Waals surface area contributed by atoms with Crippen LogP contribution in [0.5, 0.6) is 5.75 Å². The summed E-state index contributed by atoms with van der Waals surface area (Å²) in [7, 11) is 5.37. The van der Waals surface area contributed by atoms with E-state index in [4.69, 9.17) is 10.00 Å². The molecule has 1 aromatic heterocycles. The second-order valence-corrected chi connectivity index (χ2v) is 3.92. The number of hydrogen-bond donors (Lipinski definition) is 0. The molecule has 4 nitrogen and oxygen atoms in total. The van der Waals surface area contributed by atoms with E-state index in [1.165, 1.54) is 0 Å². The molecule has 0 aliphatic carbocycles. The van der Waals surface area contributed by atoms with E-state index in [0.29, 0.717) is 11.4 Å². The first-order valence-electron chi connectivity index (χ1n) is 5.22. The van der Waals surface area contributed by atoms with Gasteiger partial charge in [-0.2, -0.15) is 5.26 Å². The van der Waals surface area contributed by atoms with Crippen LogP contribution in [0.15, 0.2) is 24.3 Å². The van der Waals surface area contributed by atoms with Gasteiger partial charge in [0.1, 0.15) is 17.6 Å². The van der Waals surface area contributed by atoms with Crippen LogP contribution in [0.3, 0.4) is 0 Å². The third kappa shape index (κ3) is 2.00. The fourth-order valence-electron chi connectivity index (χ4n) is 1.69. The van der Waals surface area contributed by atoms with Crippen LogP contribution in [0.2, 0.25) is 0 Å². The fraction of sp³-hybridized carbons (Fsp3) is 0.231.